The van der Waals surface area contributed by atoms with E-state index in [2.05, 4.69) is 47.2 Å². The van der Waals surface area contributed by atoms with Crippen LogP contribution < -0.4 is 0 Å². The zero-order valence-corrected chi connectivity index (χ0v) is 9.82. The van der Waals surface area contributed by atoms with Gasteiger partial charge in [0.15, 0.2) is 0 Å². The minimum atomic E-state index is 0.747. The third kappa shape index (κ3) is 1.96. The number of hydrogen-bond donors (Lipinski definition) is 1. The summed E-state index contributed by atoms with van der Waals surface area (Å²) in [6.45, 7) is 2.04. The summed E-state index contributed by atoms with van der Waals surface area (Å²) in [4.78, 5) is 0. The van der Waals surface area contributed by atoms with E-state index in [-0.39, 0.29) is 0 Å². The van der Waals surface area contributed by atoms with E-state index in [9.17, 15) is 0 Å². The highest BCUT2D eigenvalue weighted by Gasteiger charge is 2.02. The Morgan fingerprint density at radius 1 is 1.58 bits per heavy atom. The predicted octanol–water partition coefficient (Wildman–Crippen LogP) is 3.01. The molecule has 0 fully saturated rings. The molecule has 1 rings (SSSR count). The molecule has 0 bridgehead atoms. The van der Waals surface area contributed by atoms with Crippen molar-refractivity contribution >= 4 is 35.2 Å². The molecule has 12 heavy (non-hydrogen) atoms. The van der Waals surface area contributed by atoms with Crippen molar-refractivity contribution in [2.24, 2.45) is 0 Å². The lowest BCUT2D eigenvalue weighted by Crippen LogP contribution is -1.91. The van der Waals surface area contributed by atoms with Gasteiger partial charge in [-0.25, -0.2) is 0 Å². The van der Waals surface area contributed by atoms with Gasteiger partial charge < -0.3 is 0 Å². The van der Waals surface area contributed by atoms with Gasteiger partial charge in [0.1, 0.15) is 0 Å². The third-order valence-electron chi connectivity index (χ3n) is 1.81. The number of halogens is 1. The Balaban J connectivity index is 3.34. The van der Waals surface area contributed by atoms with Crippen LogP contribution in [0.3, 0.4) is 0 Å². The summed E-state index contributed by atoms with van der Waals surface area (Å²) >= 11 is 6.51. The lowest BCUT2D eigenvalue weighted by atomic mass is 10.0. The summed E-state index contributed by atoms with van der Waals surface area (Å²) in [6.07, 6.45) is 5.36. The number of benzene rings is 1. The first-order valence-corrected chi connectivity index (χ1v) is 5.26. The van der Waals surface area contributed by atoms with Gasteiger partial charge in [-0.3, -0.25) is 0 Å². The summed E-state index contributed by atoms with van der Waals surface area (Å²) in [5.41, 5.74) is 3.37. The minimum absolute atomic E-state index is 0.747. The Labute approximate surface area is 92.3 Å². The van der Waals surface area contributed by atoms with Crippen LogP contribution in [0, 0.1) is 22.8 Å². The lowest BCUT2D eigenvalue weighted by molar-refractivity contribution is 1.29. The van der Waals surface area contributed by atoms with Crippen LogP contribution in [0.25, 0.3) is 0 Å². The van der Waals surface area contributed by atoms with E-state index in [1.165, 1.54) is 14.7 Å². The molecule has 0 unspecified atom stereocenters. The van der Waals surface area contributed by atoms with Crippen molar-refractivity contribution < 1.29 is 0 Å². The van der Waals surface area contributed by atoms with E-state index < -0.39 is 0 Å². The molecule has 0 nitrogen and oxygen atoms in total. The standard InChI is InChI=1S/C10H9IS/c1-3-8-4-10(11)5-9(6-12)7(8)2/h1,4-5,12H,6H2,2H3. The van der Waals surface area contributed by atoms with Crippen LogP contribution in [0.4, 0.5) is 0 Å². The molecule has 0 aliphatic rings. The van der Waals surface area contributed by atoms with Gasteiger partial charge in [-0.2, -0.15) is 12.6 Å². The summed E-state index contributed by atoms with van der Waals surface area (Å²) in [5.74, 6) is 3.42. The number of terminal acetylenes is 1. The maximum absolute atomic E-state index is 5.36. The zero-order valence-electron chi connectivity index (χ0n) is 6.76. The molecule has 0 N–H and O–H groups in total. The Kier molecular flexibility index (Phi) is 3.48. The molecule has 0 saturated heterocycles. The number of rotatable bonds is 1. The Hall–Kier alpha value is -0.140. The Morgan fingerprint density at radius 3 is 2.75 bits per heavy atom. The first-order valence-electron chi connectivity index (χ1n) is 3.55. The van der Waals surface area contributed by atoms with Crippen LogP contribution in [-0.2, 0) is 5.75 Å². The fraction of sp³-hybridized carbons (Fsp3) is 0.200. The van der Waals surface area contributed by atoms with Gasteiger partial charge in [-0.15, -0.1) is 6.42 Å². The fourth-order valence-corrected chi connectivity index (χ4v) is 2.07. The molecule has 0 radical (unpaired) electrons. The molecule has 2 heteroatoms. The van der Waals surface area contributed by atoms with Crippen molar-refractivity contribution in [1.29, 1.82) is 0 Å². The summed E-state index contributed by atoms with van der Waals surface area (Å²) in [5, 5.41) is 0. The molecule has 1 aromatic carbocycles. The van der Waals surface area contributed by atoms with E-state index >= 15 is 0 Å². The van der Waals surface area contributed by atoms with E-state index in [0.29, 0.717) is 0 Å². The van der Waals surface area contributed by atoms with Crippen molar-refractivity contribution in [2.75, 3.05) is 0 Å². The Morgan fingerprint density at radius 2 is 2.25 bits per heavy atom. The highest BCUT2D eigenvalue weighted by Crippen LogP contribution is 2.19. The molecule has 1 aromatic rings. The quantitative estimate of drug-likeness (QED) is 0.458. The molecule has 62 valence electrons. The largest absolute Gasteiger partial charge is 0.175 e. The van der Waals surface area contributed by atoms with Crippen molar-refractivity contribution in [3.63, 3.8) is 0 Å². The molecular weight excluding hydrogens is 279 g/mol. The van der Waals surface area contributed by atoms with Gasteiger partial charge in [-0.1, -0.05) is 5.92 Å². The van der Waals surface area contributed by atoms with Crippen molar-refractivity contribution in [3.05, 3.63) is 32.4 Å². The van der Waals surface area contributed by atoms with Crippen molar-refractivity contribution in [2.45, 2.75) is 12.7 Å². The van der Waals surface area contributed by atoms with Crippen LogP contribution in [0.1, 0.15) is 16.7 Å². The van der Waals surface area contributed by atoms with Crippen LogP contribution in [-0.4, -0.2) is 0 Å². The highest BCUT2D eigenvalue weighted by atomic mass is 127. The van der Waals surface area contributed by atoms with E-state index in [4.69, 9.17) is 6.42 Å². The summed E-state index contributed by atoms with van der Waals surface area (Å²) in [6, 6.07) is 4.13. The second kappa shape index (κ2) is 4.20. The van der Waals surface area contributed by atoms with Gasteiger partial charge in [0.25, 0.3) is 0 Å². The first-order chi connectivity index (χ1) is 5.69. The fourth-order valence-electron chi connectivity index (χ4n) is 1.05. The molecule has 0 amide bonds. The smallest absolute Gasteiger partial charge is 0.0285 e. The average Bonchev–Trinajstić information content (AvgIpc) is 2.08. The summed E-state index contributed by atoms with van der Waals surface area (Å²) in [7, 11) is 0. The number of thiol groups is 1. The maximum Gasteiger partial charge on any atom is 0.0285 e. The van der Waals surface area contributed by atoms with Crippen LogP contribution in [0.5, 0.6) is 0 Å². The van der Waals surface area contributed by atoms with E-state index in [0.717, 1.165) is 11.3 Å². The maximum atomic E-state index is 5.36. The summed E-state index contributed by atoms with van der Waals surface area (Å²) < 4.78 is 1.18. The molecule has 0 aromatic heterocycles. The zero-order chi connectivity index (χ0) is 9.14. The van der Waals surface area contributed by atoms with Gasteiger partial charge in [-0.05, 0) is 52.8 Å². The molecule has 0 spiro atoms. The molecular formula is C10H9IS. The van der Waals surface area contributed by atoms with Crippen molar-refractivity contribution in [1.82, 2.24) is 0 Å². The van der Waals surface area contributed by atoms with Gasteiger partial charge in [0.05, 0.1) is 0 Å². The molecule has 0 saturated carbocycles. The third-order valence-corrected chi connectivity index (χ3v) is 2.77. The first kappa shape index (κ1) is 9.94. The highest BCUT2D eigenvalue weighted by molar-refractivity contribution is 14.1. The molecule has 0 heterocycles. The van der Waals surface area contributed by atoms with E-state index in [1.807, 2.05) is 13.0 Å². The van der Waals surface area contributed by atoms with Crippen LogP contribution in [0.2, 0.25) is 0 Å². The predicted molar refractivity (Wildman–Crippen MR) is 64.5 cm³/mol. The molecule has 0 aliphatic heterocycles. The van der Waals surface area contributed by atoms with E-state index in [1.54, 1.807) is 0 Å². The average molecular weight is 288 g/mol. The second-order valence-corrected chi connectivity index (χ2v) is 4.10. The van der Waals surface area contributed by atoms with Crippen LogP contribution >= 0.6 is 35.2 Å². The molecule has 0 atom stereocenters. The van der Waals surface area contributed by atoms with Crippen LogP contribution in [0.15, 0.2) is 12.1 Å². The Bertz CT molecular complexity index is 336. The molecule has 0 aliphatic carbocycles. The van der Waals surface area contributed by atoms with Crippen molar-refractivity contribution in [3.8, 4) is 12.3 Å². The SMILES string of the molecule is C#Cc1cc(I)cc(CS)c1C. The monoisotopic (exact) mass is 288 g/mol. The van der Waals surface area contributed by atoms with Gasteiger partial charge in [0, 0.05) is 14.9 Å². The lowest BCUT2D eigenvalue weighted by Gasteiger charge is -2.05. The number of hydrogen-bond acceptors (Lipinski definition) is 1. The van der Waals surface area contributed by atoms with Gasteiger partial charge in [0.2, 0.25) is 0 Å². The van der Waals surface area contributed by atoms with Gasteiger partial charge >= 0.3 is 0 Å². The normalized spacial score (nSPS) is 9.50. The second-order valence-electron chi connectivity index (χ2n) is 2.54. The minimum Gasteiger partial charge on any atom is -0.175 e. The topological polar surface area (TPSA) is 0 Å².